The van der Waals surface area contributed by atoms with Gasteiger partial charge in [0.1, 0.15) is 12.2 Å². The van der Waals surface area contributed by atoms with Crippen molar-refractivity contribution in [3.05, 3.63) is 12.2 Å². The lowest BCUT2D eigenvalue weighted by molar-refractivity contribution is 0.103. The highest BCUT2D eigenvalue weighted by atomic mass is 16.6. The summed E-state index contributed by atoms with van der Waals surface area (Å²) < 4.78 is 10.3. The van der Waals surface area contributed by atoms with Crippen molar-refractivity contribution in [1.29, 1.82) is 0 Å². The summed E-state index contributed by atoms with van der Waals surface area (Å²) in [6.45, 7) is 1.65. The molecule has 1 unspecified atom stereocenters. The first-order valence-corrected chi connectivity index (χ1v) is 2.87. The molecule has 2 heterocycles. The molecule has 0 spiro atoms. The molecule has 0 aromatic carbocycles. The molecule has 0 aromatic rings. The van der Waals surface area contributed by atoms with Crippen LogP contribution < -0.4 is 0 Å². The zero-order chi connectivity index (χ0) is 5.40. The molecule has 0 radical (unpaired) electrons. The molecule has 2 rings (SSSR count). The van der Waals surface area contributed by atoms with Gasteiger partial charge in [-0.15, -0.1) is 0 Å². The van der Waals surface area contributed by atoms with E-state index >= 15 is 0 Å². The molecular formula is C6H8O2. The molecule has 1 saturated heterocycles. The smallest absolute Gasteiger partial charge is 0.111 e. The molecule has 1 fully saturated rings. The Balaban J connectivity index is 1.95. The van der Waals surface area contributed by atoms with Gasteiger partial charge in [0.2, 0.25) is 0 Å². The maximum Gasteiger partial charge on any atom is 0.111 e. The molecule has 2 heteroatoms. The molecule has 2 aliphatic rings. The van der Waals surface area contributed by atoms with E-state index in [1.807, 2.05) is 6.08 Å². The first-order valence-electron chi connectivity index (χ1n) is 2.87. The summed E-state index contributed by atoms with van der Waals surface area (Å²) in [5.74, 6) is 0. The van der Waals surface area contributed by atoms with Crippen molar-refractivity contribution in [2.45, 2.75) is 12.2 Å². The van der Waals surface area contributed by atoms with Gasteiger partial charge in [-0.05, 0) is 0 Å². The molecule has 0 N–H and O–H groups in total. The van der Waals surface area contributed by atoms with Crippen molar-refractivity contribution < 1.29 is 9.47 Å². The van der Waals surface area contributed by atoms with Crippen molar-refractivity contribution in [2.24, 2.45) is 0 Å². The lowest BCUT2D eigenvalue weighted by Crippen LogP contribution is -2.11. The van der Waals surface area contributed by atoms with Gasteiger partial charge in [-0.25, -0.2) is 0 Å². The lowest BCUT2D eigenvalue weighted by Gasteiger charge is -2.00. The summed E-state index contributed by atoms with van der Waals surface area (Å²) in [6, 6.07) is 0. The molecule has 2 aliphatic heterocycles. The highest BCUT2D eigenvalue weighted by molar-refractivity contribution is 5.02. The fourth-order valence-corrected chi connectivity index (χ4v) is 0.888. The average molecular weight is 112 g/mol. The second-order valence-corrected chi connectivity index (χ2v) is 2.10. The summed E-state index contributed by atoms with van der Waals surface area (Å²) >= 11 is 0. The molecule has 2 nitrogen and oxygen atoms in total. The minimum atomic E-state index is 0.273. The monoisotopic (exact) mass is 112 g/mol. The van der Waals surface area contributed by atoms with E-state index in [2.05, 4.69) is 6.08 Å². The van der Waals surface area contributed by atoms with Gasteiger partial charge in [0, 0.05) is 0 Å². The number of rotatable bonds is 1. The van der Waals surface area contributed by atoms with Crippen LogP contribution in [0.5, 0.6) is 0 Å². The maximum atomic E-state index is 5.24. The van der Waals surface area contributed by atoms with E-state index in [4.69, 9.17) is 9.47 Å². The van der Waals surface area contributed by atoms with Crippen molar-refractivity contribution in [2.75, 3.05) is 13.2 Å². The molecule has 0 aromatic heterocycles. The van der Waals surface area contributed by atoms with E-state index in [0.29, 0.717) is 6.10 Å². The van der Waals surface area contributed by atoms with Crippen LogP contribution in [0.15, 0.2) is 12.2 Å². The van der Waals surface area contributed by atoms with Crippen molar-refractivity contribution in [3.63, 3.8) is 0 Å². The van der Waals surface area contributed by atoms with Crippen LogP contribution in [0.25, 0.3) is 0 Å². The summed E-state index contributed by atoms with van der Waals surface area (Å²) in [5, 5.41) is 0. The molecule has 0 aliphatic carbocycles. The standard InChI is InChI=1S/C6H8O2/c1-2-5(7-3-1)6-4-8-6/h1-2,5-6H,3-4H2/t5?,6-/m1/s1. The number of hydrogen-bond acceptors (Lipinski definition) is 2. The van der Waals surface area contributed by atoms with Crippen LogP contribution in [0.4, 0.5) is 0 Å². The van der Waals surface area contributed by atoms with Crippen LogP contribution >= 0.6 is 0 Å². The number of ether oxygens (including phenoxy) is 2. The van der Waals surface area contributed by atoms with Crippen LogP contribution in [0.3, 0.4) is 0 Å². The predicted octanol–water partition coefficient (Wildman–Crippen LogP) is 0.340. The lowest BCUT2D eigenvalue weighted by atomic mass is 10.3. The van der Waals surface area contributed by atoms with Crippen LogP contribution in [0.1, 0.15) is 0 Å². The zero-order valence-corrected chi connectivity index (χ0v) is 4.54. The van der Waals surface area contributed by atoms with Crippen LogP contribution in [-0.4, -0.2) is 25.4 Å². The van der Waals surface area contributed by atoms with Crippen molar-refractivity contribution in [1.82, 2.24) is 0 Å². The third kappa shape index (κ3) is 0.659. The Labute approximate surface area is 48.1 Å². The van der Waals surface area contributed by atoms with Crippen LogP contribution in [-0.2, 0) is 9.47 Å². The normalized spacial score (nSPS) is 43.0. The highest BCUT2D eigenvalue weighted by Crippen LogP contribution is 2.20. The van der Waals surface area contributed by atoms with Crippen LogP contribution in [0, 0.1) is 0 Å². The molecule has 0 saturated carbocycles. The first kappa shape index (κ1) is 4.53. The first-order chi connectivity index (χ1) is 3.97. The second kappa shape index (κ2) is 1.57. The summed E-state index contributed by atoms with van der Waals surface area (Å²) in [6.07, 6.45) is 4.76. The van der Waals surface area contributed by atoms with Gasteiger partial charge in [0.15, 0.2) is 0 Å². The van der Waals surface area contributed by atoms with Gasteiger partial charge < -0.3 is 9.47 Å². The third-order valence-corrected chi connectivity index (χ3v) is 1.44. The Hall–Kier alpha value is -0.340. The Morgan fingerprint density at radius 2 is 2.25 bits per heavy atom. The van der Waals surface area contributed by atoms with Gasteiger partial charge in [0.25, 0.3) is 0 Å². The molecule has 8 heavy (non-hydrogen) atoms. The zero-order valence-electron chi connectivity index (χ0n) is 4.54. The summed E-state index contributed by atoms with van der Waals surface area (Å²) in [7, 11) is 0. The van der Waals surface area contributed by atoms with Gasteiger partial charge in [0.05, 0.1) is 13.2 Å². The number of epoxide rings is 1. The Kier molecular flexibility index (Phi) is 0.889. The van der Waals surface area contributed by atoms with Gasteiger partial charge in [-0.2, -0.15) is 0 Å². The van der Waals surface area contributed by atoms with E-state index < -0.39 is 0 Å². The fraction of sp³-hybridized carbons (Fsp3) is 0.667. The Morgan fingerprint density at radius 3 is 2.75 bits per heavy atom. The maximum absolute atomic E-state index is 5.24. The molecule has 0 bridgehead atoms. The summed E-state index contributed by atoms with van der Waals surface area (Å²) in [4.78, 5) is 0. The van der Waals surface area contributed by atoms with E-state index in [0.717, 1.165) is 13.2 Å². The molecule has 0 amide bonds. The summed E-state index contributed by atoms with van der Waals surface area (Å²) in [5.41, 5.74) is 0. The van der Waals surface area contributed by atoms with E-state index in [1.54, 1.807) is 0 Å². The Morgan fingerprint density at radius 1 is 1.38 bits per heavy atom. The Bertz CT molecular complexity index is 116. The van der Waals surface area contributed by atoms with Gasteiger partial charge >= 0.3 is 0 Å². The largest absolute Gasteiger partial charge is 0.370 e. The molecule has 44 valence electrons. The third-order valence-electron chi connectivity index (χ3n) is 1.44. The quantitative estimate of drug-likeness (QED) is 0.360. The minimum Gasteiger partial charge on any atom is -0.370 e. The molecule has 2 atom stereocenters. The molecular weight excluding hydrogens is 104 g/mol. The van der Waals surface area contributed by atoms with Gasteiger partial charge in [-0.1, -0.05) is 12.2 Å². The van der Waals surface area contributed by atoms with Gasteiger partial charge in [-0.3, -0.25) is 0 Å². The SMILES string of the molecule is C1=CC([C@H]2CO2)OC1. The predicted molar refractivity (Wildman–Crippen MR) is 28.6 cm³/mol. The average Bonchev–Trinajstić information content (AvgIpc) is 2.49. The van der Waals surface area contributed by atoms with E-state index in [9.17, 15) is 0 Å². The van der Waals surface area contributed by atoms with E-state index in [-0.39, 0.29) is 6.10 Å². The second-order valence-electron chi connectivity index (χ2n) is 2.10. The van der Waals surface area contributed by atoms with E-state index in [1.165, 1.54) is 0 Å². The van der Waals surface area contributed by atoms with Crippen LogP contribution in [0.2, 0.25) is 0 Å². The van der Waals surface area contributed by atoms with Crippen molar-refractivity contribution >= 4 is 0 Å². The highest BCUT2D eigenvalue weighted by Gasteiger charge is 2.32. The number of hydrogen-bond donors (Lipinski definition) is 0. The minimum absolute atomic E-state index is 0.273. The topological polar surface area (TPSA) is 21.8 Å². The van der Waals surface area contributed by atoms with Crippen molar-refractivity contribution in [3.8, 4) is 0 Å². The fourth-order valence-electron chi connectivity index (χ4n) is 0.888.